The largest absolute Gasteiger partial charge is 0.481 e. The molecular formula is C6H8N2O5. The average molecular weight is 188 g/mol. The zero-order valence-corrected chi connectivity index (χ0v) is 6.79. The molecule has 1 aliphatic rings. The Kier molecular flexibility index (Phi) is 4.14. The molecule has 1 aliphatic heterocycles. The smallest absolute Gasteiger partial charge is 0.328 e. The Morgan fingerprint density at radius 3 is 1.77 bits per heavy atom. The van der Waals surface area contributed by atoms with Crippen molar-refractivity contribution in [2.75, 3.05) is 0 Å². The Balaban J connectivity index is 0.000000310. The number of carboxylic acids is 1. The normalized spacial score (nSPS) is 15.0. The summed E-state index contributed by atoms with van der Waals surface area (Å²) in [6.45, 7) is 1.08. The second-order valence-corrected chi connectivity index (χ2v) is 2.12. The lowest BCUT2D eigenvalue weighted by molar-refractivity contribution is -0.134. The highest BCUT2D eigenvalue weighted by molar-refractivity contribution is 6.14. The second kappa shape index (κ2) is 4.86. The molecule has 0 atom stereocenters. The fourth-order valence-corrected chi connectivity index (χ4v) is 0.519. The highest BCUT2D eigenvalue weighted by Crippen LogP contribution is 1.85. The molecule has 0 saturated carbocycles. The minimum atomic E-state index is -0.833. The molecule has 0 bridgehead atoms. The molecule has 1 fully saturated rings. The van der Waals surface area contributed by atoms with Crippen molar-refractivity contribution in [3.63, 3.8) is 0 Å². The summed E-state index contributed by atoms with van der Waals surface area (Å²) >= 11 is 0. The number of rotatable bonds is 0. The SMILES string of the molecule is CC(=O)O.O=C1CC(=O)NC(=O)N1. The third-order valence-electron chi connectivity index (χ3n) is 0.827. The Bertz CT molecular complexity index is 210. The lowest BCUT2D eigenvalue weighted by Gasteiger charge is -2.09. The summed E-state index contributed by atoms with van der Waals surface area (Å²) in [7, 11) is 0. The number of carbonyl (C=O) groups excluding carboxylic acids is 3. The van der Waals surface area contributed by atoms with E-state index in [2.05, 4.69) is 0 Å². The fourth-order valence-electron chi connectivity index (χ4n) is 0.519. The van der Waals surface area contributed by atoms with E-state index in [1.54, 1.807) is 0 Å². The highest BCUT2D eigenvalue weighted by atomic mass is 16.4. The molecule has 3 N–H and O–H groups in total. The zero-order valence-electron chi connectivity index (χ0n) is 6.79. The van der Waals surface area contributed by atoms with Gasteiger partial charge >= 0.3 is 6.03 Å². The molecule has 4 amide bonds. The average Bonchev–Trinajstić information content (AvgIpc) is 1.80. The molecule has 0 aromatic heterocycles. The number of urea groups is 1. The van der Waals surface area contributed by atoms with Crippen LogP contribution in [0.2, 0.25) is 0 Å². The van der Waals surface area contributed by atoms with Crippen molar-refractivity contribution in [1.29, 1.82) is 0 Å². The van der Waals surface area contributed by atoms with Crippen LogP contribution in [0.25, 0.3) is 0 Å². The number of carboxylic acid groups (broad SMARTS) is 1. The number of barbiturate groups is 1. The summed E-state index contributed by atoms with van der Waals surface area (Å²) in [5, 5.41) is 11.2. The van der Waals surface area contributed by atoms with E-state index >= 15 is 0 Å². The summed E-state index contributed by atoms with van der Waals surface area (Å²) in [6.07, 6.45) is -0.258. The first-order valence-electron chi connectivity index (χ1n) is 3.25. The lowest BCUT2D eigenvalue weighted by atomic mass is 10.3. The third-order valence-corrected chi connectivity index (χ3v) is 0.827. The van der Waals surface area contributed by atoms with Crippen molar-refractivity contribution in [3.05, 3.63) is 0 Å². The Morgan fingerprint density at radius 1 is 1.23 bits per heavy atom. The van der Waals surface area contributed by atoms with Crippen molar-refractivity contribution < 1.29 is 24.3 Å². The van der Waals surface area contributed by atoms with E-state index in [-0.39, 0.29) is 6.42 Å². The van der Waals surface area contributed by atoms with Gasteiger partial charge in [0.15, 0.2) is 0 Å². The summed E-state index contributed by atoms with van der Waals surface area (Å²) in [6, 6.07) is -0.740. The van der Waals surface area contributed by atoms with Crippen molar-refractivity contribution in [2.24, 2.45) is 0 Å². The Labute approximate surface area is 73.1 Å². The number of carbonyl (C=O) groups is 4. The highest BCUT2D eigenvalue weighted by Gasteiger charge is 2.20. The first-order chi connectivity index (χ1) is 5.91. The molecule has 72 valence electrons. The predicted molar refractivity (Wildman–Crippen MR) is 39.6 cm³/mol. The van der Waals surface area contributed by atoms with Gasteiger partial charge in [0.05, 0.1) is 0 Å². The van der Waals surface area contributed by atoms with Gasteiger partial charge in [0.25, 0.3) is 5.97 Å². The molecule has 7 nitrogen and oxygen atoms in total. The van der Waals surface area contributed by atoms with Crippen molar-refractivity contribution in [2.45, 2.75) is 13.3 Å². The molecule has 0 aromatic carbocycles. The van der Waals surface area contributed by atoms with Crippen LogP contribution in [-0.2, 0) is 14.4 Å². The molecule has 0 spiro atoms. The predicted octanol–water partition coefficient (Wildman–Crippen LogP) is -1.17. The minimum absolute atomic E-state index is 0.258. The summed E-state index contributed by atoms with van der Waals surface area (Å²) in [5.41, 5.74) is 0. The van der Waals surface area contributed by atoms with Gasteiger partial charge < -0.3 is 5.11 Å². The zero-order chi connectivity index (χ0) is 10.4. The number of imide groups is 2. The van der Waals surface area contributed by atoms with Gasteiger partial charge in [-0.15, -0.1) is 0 Å². The van der Waals surface area contributed by atoms with Crippen LogP contribution in [0.5, 0.6) is 0 Å². The number of amides is 4. The number of aliphatic carboxylic acids is 1. The van der Waals surface area contributed by atoms with Gasteiger partial charge in [0.2, 0.25) is 11.8 Å². The second-order valence-electron chi connectivity index (χ2n) is 2.12. The lowest BCUT2D eigenvalue weighted by Crippen LogP contribution is -2.49. The van der Waals surface area contributed by atoms with Gasteiger partial charge in [-0.25, -0.2) is 4.79 Å². The molecule has 1 saturated heterocycles. The van der Waals surface area contributed by atoms with Crippen molar-refractivity contribution in [3.8, 4) is 0 Å². The van der Waals surface area contributed by atoms with Gasteiger partial charge in [0, 0.05) is 6.92 Å². The monoisotopic (exact) mass is 188 g/mol. The first kappa shape index (κ1) is 11.1. The van der Waals surface area contributed by atoms with Crippen LogP contribution in [0.1, 0.15) is 13.3 Å². The summed E-state index contributed by atoms with van der Waals surface area (Å²) in [4.78, 5) is 39.8. The Morgan fingerprint density at radius 2 is 1.54 bits per heavy atom. The van der Waals surface area contributed by atoms with E-state index in [9.17, 15) is 14.4 Å². The molecule has 0 aromatic rings. The molecule has 0 radical (unpaired) electrons. The molecule has 13 heavy (non-hydrogen) atoms. The van der Waals surface area contributed by atoms with Gasteiger partial charge in [-0.2, -0.15) is 0 Å². The van der Waals surface area contributed by atoms with Gasteiger partial charge in [0.1, 0.15) is 6.42 Å². The minimum Gasteiger partial charge on any atom is -0.481 e. The molecule has 1 heterocycles. The quantitative estimate of drug-likeness (QED) is 0.415. The van der Waals surface area contributed by atoms with Gasteiger partial charge in [-0.1, -0.05) is 0 Å². The molecular weight excluding hydrogens is 180 g/mol. The van der Waals surface area contributed by atoms with Gasteiger partial charge in [-0.05, 0) is 0 Å². The molecule has 0 unspecified atom stereocenters. The topological polar surface area (TPSA) is 113 Å². The fraction of sp³-hybridized carbons (Fsp3) is 0.333. The maximum atomic E-state index is 10.3. The van der Waals surface area contributed by atoms with Crippen LogP contribution in [0.3, 0.4) is 0 Å². The maximum Gasteiger partial charge on any atom is 0.328 e. The van der Waals surface area contributed by atoms with Gasteiger partial charge in [-0.3, -0.25) is 25.0 Å². The standard InChI is InChI=1S/C4H4N2O3.C2H4O2/c7-2-1-3(8)6-4(9)5-2;1-2(3)4/h1H2,(H2,5,6,7,8,9);1H3,(H,3,4). The number of hydrogen-bond acceptors (Lipinski definition) is 4. The first-order valence-corrected chi connectivity index (χ1v) is 3.25. The third kappa shape index (κ3) is 6.48. The molecule has 0 aliphatic carbocycles. The van der Waals surface area contributed by atoms with Crippen LogP contribution in [-0.4, -0.2) is 28.9 Å². The molecule has 1 rings (SSSR count). The van der Waals surface area contributed by atoms with E-state index in [0.29, 0.717) is 0 Å². The summed E-state index contributed by atoms with van der Waals surface area (Å²) < 4.78 is 0. The van der Waals surface area contributed by atoms with E-state index in [1.165, 1.54) is 0 Å². The van der Waals surface area contributed by atoms with Crippen molar-refractivity contribution in [1.82, 2.24) is 10.6 Å². The number of hydrogen-bond donors (Lipinski definition) is 3. The van der Waals surface area contributed by atoms with Crippen LogP contribution in [0.15, 0.2) is 0 Å². The van der Waals surface area contributed by atoms with Crippen LogP contribution in [0.4, 0.5) is 4.79 Å². The van der Waals surface area contributed by atoms with E-state index in [4.69, 9.17) is 9.90 Å². The number of nitrogens with one attached hydrogen (secondary N) is 2. The Hall–Kier alpha value is -1.92. The van der Waals surface area contributed by atoms with Crippen LogP contribution in [0, 0.1) is 0 Å². The van der Waals surface area contributed by atoms with Crippen LogP contribution >= 0.6 is 0 Å². The summed E-state index contributed by atoms with van der Waals surface area (Å²) in [5.74, 6) is -1.94. The van der Waals surface area contributed by atoms with E-state index < -0.39 is 23.8 Å². The van der Waals surface area contributed by atoms with E-state index in [0.717, 1.165) is 6.92 Å². The van der Waals surface area contributed by atoms with Crippen molar-refractivity contribution >= 4 is 23.8 Å². The maximum absolute atomic E-state index is 10.3. The molecule has 7 heteroatoms. The van der Waals surface area contributed by atoms with Crippen LogP contribution < -0.4 is 10.6 Å². The van der Waals surface area contributed by atoms with E-state index in [1.807, 2.05) is 10.6 Å².